The lowest BCUT2D eigenvalue weighted by Gasteiger charge is -2.21. The molecule has 0 atom stereocenters. The molecule has 0 saturated carbocycles. The molecule has 0 aromatic heterocycles. The van der Waals surface area contributed by atoms with E-state index >= 15 is 0 Å². The van der Waals surface area contributed by atoms with Gasteiger partial charge in [-0.1, -0.05) is 0 Å². The molecule has 4 N–H and O–H groups in total. The van der Waals surface area contributed by atoms with Gasteiger partial charge in [-0.05, 0) is 75.9 Å². The SMILES string of the molecule is COc1c(C)c(OC(=O)c2c(C)cc(O)cc2O)c(C)c(C)c1C(=O)Oc1cc(C)c(C(=O)O)c(O)c1C. The van der Waals surface area contributed by atoms with E-state index in [0.717, 1.165) is 6.07 Å². The number of phenolic OH excluding ortho intramolecular Hbond substituents is 2. The van der Waals surface area contributed by atoms with Gasteiger partial charge in [0.1, 0.15) is 51.2 Å². The van der Waals surface area contributed by atoms with E-state index in [9.17, 15) is 34.8 Å². The summed E-state index contributed by atoms with van der Waals surface area (Å²) in [5.41, 5.74) is 1.32. The summed E-state index contributed by atoms with van der Waals surface area (Å²) in [6, 6.07) is 3.69. The Kier molecular flexibility index (Phi) is 7.57. The molecule has 10 nitrogen and oxygen atoms in total. The van der Waals surface area contributed by atoms with Crippen LogP contribution < -0.4 is 14.2 Å². The van der Waals surface area contributed by atoms with Gasteiger partial charge in [0.05, 0.1) is 7.11 Å². The Hall–Kier alpha value is -4.73. The van der Waals surface area contributed by atoms with Crippen LogP contribution in [0.3, 0.4) is 0 Å². The number of phenols is 3. The van der Waals surface area contributed by atoms with Gasteiger partial charge >= 0.3 is 17.9 Å². The van der Waals surface area contributed by atoms with E-state index in [2.05, 4.69) is 0 Å². The average molecular weight is 525 g/mol. The number of benzene rings is 3. The molecule has 38 heavy (non-hydrogen) atoms. The van der Waals surface area contributed by atoms with Crippen LogP contribution in [0.5, 0.6) is 34.5 Å². The third-order valence-electron chi connectivity index (χ3n) is 6.41. The van der Waals surface area contributed by atoms with Crippen LogP contribution in [0.1, 0.15) is 64.5 Å². The first-order valence-electron chi connectivity index (χ1n) is 11.4. The van der Waals surface area contributed by atoms with Gasteiger partial charge in [0.15, 0.2) is 0 Å². The standard InChI is InChI=1S/C28H28O10/c1-11-8-17(29)10-18(30)20(11)27(34)38-24-14(4)13(3)22(25(36-7)16(24)6)28(35)37-19-9-12(2)21(26(32)33)23(31)15(19)5/h8-10,29-31H,1-7H3,(H,32,33). The number of aromatic hydroxyl groups is 3. The van der Waals surface area contributed by atoms with Crippen molar-refractivity contribution in [2.75, 3.05) is 7.11 Å². The minimum absolute atomic E-state index is 0.0273. The summed E-state index contributed by atoms with van der Waals surface area (Å²) in [6.07, 6.45) is 0. The van der Waals surface area contributed by atoms with Crippen molar-refractivity contribution >= 4 is 17.9 Å². The first kappa shape index (κ1) is 27.9. The zero-order valence-electron chi connectivity index (χ0n) is 22.0. The predicted molar refractivity (Wildman–Crippen MR) is 136 cm³/mol. The highest BCUT2D eigenvalue weighted by molar-refractivity contribution is 5.99. The van der Waals surface area contributed by atoms with Gasteiger partial charge in [0.2, 0.25) is 0 Å². The van der Waals surface area contributed by atoms with E-state index < -0.39 is 29.4 Å². The summed E-state index contributed by atoms with van der Waals surface area (Å²) >= 11 is 0. The zero-order chi connectivity index (χ0) is 28.6. The Balaban J connectivity index is 2.06. The number of carbonyl (C=O) groups is 3. The molecule has 0 bridgehead atoms. The van der Waals surface area contributed by atoms with E-state index in [-0.39, 0.29) is 50.8 Å². The van der Waals surface area contributed by atoms with Crippen LogP contribution in [0.15, 0.2) is 18.2 Å². The Bertz CT molecular complexity index is 1480. The number of ether oxygens (including phenoxy) is 3. The van der Waals surface area contributed by atoms with Crippen LogP contribution in [-0.2, 0) is 0 Å². The van der Waals surface area contributed by atoms with Crippen molar-refractivity contribution in [3.8, 4) is 34.5 Å². The number of carboxylic acid groups (broad SMARTS) is 1. The molecule has 0 saturated heterocycles. The highest BCUT2D eigenvalue weighted by atomic mass is 16.5. The number of methoxy groups -OCH3 is 1. The van der Waals surface area contributed by atoms with Crippen molar-refractivity contribution in [2.45, 2.75) is 41.5 Å². The second-order valence-corrected chi connectivity index (χ2v) is 8.89. The number of rotatable bonds is 6. The third kappa shape index (κ3) is 4.80. The Morgan fingerprint density at radius 1 is 0.658 bits per heavy atom. The molecule has 0 radical (unpaired) electrons. The van der Waals surface area contributed by atoms with Gasteiger partial charge in [0.25, 0.3) is 0 Å². The summed E-state index contributed by atoms with van der Waals surface area (Å²) in [6.45, 7) is 9.25. The number of carboxylic acids is 1. The average Bonchev–Trinajstić information content (AvgIpc) is 2.81. The fourth-order valence-corrected chi connectivity index (χ4v) is 4.31. The van der Waals surface area contributed by atoms with Crippen LogP contribution in [0.25, 0.3) is 0 Å². The minimum atomic E-state index is -1.31. The van der Waals surface area contributed by atoms with E-state index in [0.29, 0.717) is 22.3 Å². The minimum Gasteiger partial charge on any atom is -0.508 e. The maximum Gasteiger partial charge on any atom is 0.347 e. The molecular formula is C28H28O10. The number of hydrogen-bond donors (Lipinski definition) is 4. The van der Waals surface area contributed by atoms with E-state index in [1.807, 2.05) is 0 Å². The lowest BCUT2D eigenvalue weighted by atomic mass is 9.96. The highest BCUT2D eigenvalue weighted by Gasteiger charge is 2.29. The van der Waals surface area contributed by atoms with Gasteiger partial charge in [0, 0.05) is 17.2 Å². The molecule has 3 aromatic carbocycles. The maximum absolute atomic E-state index is 13.3. The monoisotopic (exact) mass is 524 g/mol. The van der Waals surface area contributed by atoms with Crippen LogP contribution >= 0.6 is 0 Å². The second-order valence-electron chi connectivity index (χ2n) is 8.89. The van der Waals surface area contributed by atoms with Gasteiger partial charge in [-0.15, -0.1) is 0 Å². The number of hydrogen-bond acceptors (Lipinski definition) is 9. The van der Waals surface area contributed by atoms with Crippen LogP contribution in [0.4, 0.5) is 0 Å². The lowest BCUT2D eigenvalue weighted by molar-refractivity contribution is 0.0689. The Labute approximate surface area is 218 Å². The molecular weight excluding hydrogens is 496 g/mol. The van der Waals surface area contributed by atoms with Crippen LogP contribution in [0.2, 0.25) is 0 Å². The first-order chi connectivity index (χ1) is 17.7. The van der Waals surface area contributed by atoms with Crippen molar-refractivity contribution in [2.24, 2.45) is 0 Å². The Morgan fingerprint density at radius 2 is 1.24 bits per heavy atom. The van der Waals surface area contributed by atoms with Crippen molar-refractivity contribution in [3.63, 3.8) is 0 Å². The molecule has 0 aliphatic heterocycles. The smallest absolute Gasteiger partial charge is 0.347 e. The molecule has 10 heteroatoms. The lowest BCUT2D eigenvalue weighted by Crippen LogP contribution is -2.17. The fourth-order valence-electron chi connectivity index (χ4n) is 4.31. The quantitative estimate of drug-likeness (QED) is 0.260. The molecule has 0 spiro atoms. The van der Waals surface area contributed by atoms with E-state index in [1.54, 1.807) is 20.8 Å². The number of carbonyl (C=O) groups excluding carboxylic acids is 2. The van der Waals surface area contributed by atoms with Gasteiger partial charge < -0.3 is 34.6 Å². The third-order valence-corrected chi connectivity index (χ3v) is 6.41. The number of esters is 2. The van der Waals surface area contributed by atoms with Gasteiger partial charge in [-0.3, -0.25) is 0 Å². The van der Waals surface area contributed by atoms with Gasteiger partial charge in [-0.2, -0.15) is 0 Å². The summed E-state index contributed by atoms with van der Waals surface area (Å²) in [5, 5.41) is 39.5. The summed E-state index contributed by atoms with van der Waals surface area (Å²) in [5.74, 6) is -4.02. The van der Waals surface area contributed by atoms with Crippen LogP contribution in [-0.4, -0.2) is 45.4 Å². The topological polar surface area (TPSA) is 160 Å². The molecule has 0 unspecified atom stereocenters. The second kappa shape index (κ2) is 10.3. The first-order valence-corrected chi connectivity index (χ1v) is 11.4. The van der Waals surface area contributed by atoms with Crippen molar-refractivity contribution in [1.29, 1.82) is 0 Å². The summed E-state index contributed by atoms with van der Waals surface area (Å²) in [4.78, 5) is 37.7. The zero-order valence-corrected chi connectivity index (χ0v) is 22.0. The molecule has 3 aromatic rings. The number of aromatic carboxylic acids is 1. The maximum atomic E-state index is 13.3. The summed E-state index contributed by atoms with van der Waals surface area (Å²) in [7, 11) is 1.33. The Morgan fingerprint density at radius 3 is 1.79 bits per heavy atom. The largest absolute Gasteiger partial charge is 0.508 e. The van der Waals surface area contributed by atoms with Crippen molar-refractivity contribution in [3.05, 3.63) is 68.3 Å². The van der Waals surface area contributed by atoms with Crippen molar-refractivity contribution in [1.82, 2.24) is 0 Å². The van der Waals surface area contributed by atoms with E-state index in [4.69, 9.17) is 14.2 Å². The molecule has 0 aliphatic carbocycles. The molecule has 0 heterocycles. The van der Waals surface area contributed by atoms with E-state index in [1.165, 1.54) is 40.0 Å². The molecule has 3 rings (SSSR count). The fraction of sp³-hybridized carbons (Fsp3) is 0.250. The number of aryl methyl sites for hydroxylation is 2. The molecule has 0 amide bonds. The molecule has 0 aliphatic rings. The highest BCUT2D eigenvalue weighted by Crippen LogP contribution is 2.41. The molecule has 200 valence electrons. The van der Waals surface area contributed by atoms with Gasteiger partial charge in [-0.25, -0.2) is 14.4 Å². The van der Waals surface area contributed by atoms with Crippen molar-refractivity contribution < 1.29 is 49.0 Å². The normalized spacial score (nSPS) is 10.7. The molecule has 0 fully saturated rings. The van der Waals surface area contributed by atoms with Crippen LogP contribution in [0, 0.1) is 41.5 Å². The predicted octanol–water partition coefficient (Wildman–Crippen LogP) is 4.80. The summed E-state index contributed by atoms with van der Waals surface area (Å²) < 4.78 is 16.7.